The van der Waals surface area contributed by atoms with Gasteiger partial charge in [0, 0.05) is 29.7 Å². The Morgan fingerprint density at radius 3 is 2.57 bits per heavy atom. The highest BCUT2D eigenvalue weighted by molar-refractivity contribution is 7.80. The third-order valence-electron chi connectivity index (χ3n) is 6.20. The number of rotatable bonds is 7. The van der Waals surface area contributed by atoms with Gasteiger partial charge in [-0.2, -0.15) is 9.97 Å². The van der Waals surface area contributed by atoms with Crippen LogP contribution < -0.4 is 20.3 Å². The lowest BCUT2D eigenvalue weighted by molar-refractivity contribution is 0.434. The van der Waals surface area contributed by atoms with E-state index in [0.717, 1.165) is 48.8 Å². The number of thiocarbonyl (C=S) groups is 1. The quantitative estimate of drug-likeness (QED) is 0.248. The van der Waals surface area contributed by atoms with Gasteiger partial charge in [0.1, 0.15) is 23.1 Å². The summed E-state index contributed by atoms with van der Waals surface area (Å²) in [5.41, 5.74) is 0.958. The first kappa shape index (κ1) is 25.0. The molecule has 9 heteroatoms. The average molecular weight is 534 g/mol. The Bertz CT molecular complexity index is 1340. The number of nitrogens with zero attached hydrogens (tertiary/aromatic N) is 3. The third kappa shape index (κ3) is 6.78. The highest BCUT2D eigenvalue weighted by atomic mass is 35.5. The van der Waals surface area contributed by atoms with Crippen LogP contribution >= 0.6 is 23.8 Å². The molecule has 0 aliphatic carbocycles. The van der Waals surface area contributed by atoms with Crippen molar-refractivity contribution in [2.24, 2.45) is 5.92 Å². The number of furan rings is 1. The van der Waals surface area contributed by atoms with Gasteiger partial charge < -0.3 is 24.7 Å². The molecule has 4 aromatic rings. The summed E-state index contributed by atoms with van der Waals surface area (Å²) in [7, 11) is 0. The number of hydrogen-bond acceptors (Lipinski definition) is 6. The van der Waals surface area contributed by atoms with E-state index < -0.39 is 0 Å². The van der Waals surface area contributed by atoms with Gasteiger partial charge in [0.25, 0.3) is 0 Å². The Balaban J connectivity index is 1.26. The zero-order chi connectivity index (χ0) is 25.6. The number of aromatic nitrogens is 2. The van der Waals surface area contributed by atoms with Crippen molar-refractivity contribution in [1.29, 1.82) is 0 Å². The molecule has 0 spiro atoms. The van der Waals surface area contributed by atoms with Crippen LogP contribution in [0.15, 0.2) is 77.2 Å². The maximum atomic E-state index is 6.03. The van der Waals surface area contributed by atoms with Gasteiger partial charge >= 0.3 is 0 Å². The second-order valence-corrected chi connectivity index (χ2v) is 9.90. The molecule has 0 radical (unpaired) electrons. The fourth-order valence-electron chi connectivity index (χ4n) is 4.09. The van der Waals surface area contributed by atoms with Crippen LogP contribution in [0.2, 0.25) is 5.02 Å². The molecule has 0 unspecified atom stereocenters. The molecule has 1 fully saturated rings. The van der Waals surface area contributed by atoms with Crippen molar-refractivity contribution in [2.75, 3.05) is 23.3 Å². The molecule has 1 aliphatic heterocycles. The minimum atomic E-state index is 0.376. The molecule has 0 saturated carbocycles. The van der Waals surface area contributed by atoms with E-state index in [4.69, 9.17) is 38.0 Å². The lowest BCUT2D eigenvalue weighted by Crippen LogP contribution is -2.34. The largest absolute Gasteiger partial charge is 0.459 e. The number of anilines is 2. The Morgan fingerprint density at radius 2 is 1.81 bits per heavy atom. The Hall–Kier alpha value is -3.62. The van der Waals surface area contributed by atoms with Gasteiger partial charge in [-0.25, -0.2) is 0 Å². The van der Waals surface area contributed by atoms with Crippen LogP contribution in [0.5, 0.6) is 11.6 Å². The van der Waals surface area contributed by atoms with Crippen molar-refractivity contribution in [3.8, 4) is 23.0 Å². The number of piperidine rings is 1. The molecular weight excluding hydrogens is 506 g/mol. The molecule has 2 N–H and O–H groups in total. The highest BCUT2D eigenvalue weighted by Gasteiger charge is 2.19. The molecule has 1 saturated heterocycles. The molecule has 0 bridgehead atoms. The van der Waals surface area contributed by atoms with Gasteiger partial charge in [0.2, 0.25) is 11.8 Å². The summed E-state index contributed by atoms with van der Waals surface area (Å²) in [4.78, 5) is 11.5. The van der Waals surface area contributed by atoms with Crippen LogP contribution in [0.25, 0.3) is 11.3 Å². The first-order chi connectivity index (χ1) is 18.0. The summed E-state index contributed by atoms with van der Waals surface area (Å²) in [6, 6.07) is 22.8. The summed E-state index contributed by atoms with van der Waals surface area (Å²) >= 11 is 11.5. The summed E-state index contributed by atoms with van der Waals surface area (Å²) in [6.07, 6.45) is 2.26. The van der Waals surface area contributed by atoms with Crippen LogP contribution in [-0.4, -0.2) is 28.2 Å². The van der Waals surface area contributed by atoms with E-state index in [1.165, 1.54) is 0 Å². The zero-order valence-corrected chi connectivity index (χ0v) is 22.1. The molecule has 37 heavy (non-hydrogen) atoms. The number of nitrogens with one attached hydrogen (secondary N) is 2. The van der Waals surface area contributed by atoms with Gasteiger partial charge in [0.15, 0.2) is 5.11 Å². The molecule has 2 aromatic heterocycles. The fraction of sp³-hybridized carbons (Fsp3) is 0.250. The molecule has 0 atom stereocenters. The Labute approximate surface area is 226 Å². The second-order valence-electron chi connectivity index (χ2n) is 9.05. The summed E-state index contributed by atoms with van der Waals surface area (Å²) in [6.45, 7) is 4.59. The molecule has 0 amide bonds. The third-order valence-corrected chi connectivity index (χ3v) is 6.70. The Kier molecular flexibility index (Phi) is 7.87. The van der Waals surface area contributed by atoms with Crippen molar-refractivity contribution in [1.82, 2.24) is 15.3 Å². The van der Waals surface area contributed by atoms with Gasteiger partial charge in [0.05, 0.1) is 6.54 Å². The van der Waals surface area contributed by atoms with E-state index in [1.54, 1.807) is 0 Å². The van der Waals surface area contributed by atoms with Crippen LogP contribution in [0, 0.1) is 5.92 Å². The van der Waals surface area contributed by atoms with E-state index >= 15 is 0 Å². The smallest absolute Gasteiger partial charge is 0.234 e. The number of ether oxygens (including phenoxy) is 1. The second kappa shape index (κ2) is 11.6. The lowest BCUT2D eigenvalue weighted by atomic mass is 9.99. The normalized spacial score (nSPS) is 13.8. The summed E-state index contributed by atoms with van der Waals surface area (Å²) < 4.78 is 12.0. The lowest BCUT2D eigenvalue weighted by Gasteiger charge is -2.31. The number of para-hydroxylation sites is 1. The summed E-state index contributed by atoms with van der Waals surface area (Å²) in [5.74, 6) is 4.59. The van der Waals surface area contributed by atoms with Crippen molar-refractivity contribution < 1.29 is 9.15 Å². The van der Waals surface area contributed by atoms with Crippen molar-refractivity contribution >= 4 is 40.7 Å². The average Bonchev–Trinajstić information content (AvgIpc) is 3.38. The molecule has 2 aromatic carbocycles. The van der Waals surface area contributed by atoms with Crippen LogP contribution in [-0.2, 0) is 6.54 Å². The van der Waals surface area contributed by atoms with E-state index in [9.17, 15) is 0 Å². The SMILES string of the molecule is CC1CCN(c2cc(Oc3ccccc3)nc(NC(=S)NCc3ccc(-c4ccc(Cl)cc4)o3)n2)CC1. The monoisotopic (exact) mass is 533 g/mol. The first-order valence-corrected chi connectivity index (χ1v) is 13.1. The standard InChI is InChI=1S/C28H28ClN5O2S/c1-19-13-15-34(16-14-19)25-17-26(36-22-5-3-2-4-6-22)32-27(31-25)33-28(37)30-18-23-11-12-24(35-23)20-7-9-21(29)10-8-20/h2-12,17,19H,13-16,18H2,1H3,(H2,30,31,32,33,37). The molecule has 190 valence electrons. The number of benzene rings is 2. The maximum absolute atomic E-state index is 6.03. The number of hydrogen-bond donors (Lipinski definition) is 2. The van der Waals surface area contributed by atoms with E-state index in [0.29, 0.717) is 40.2 Å². The van der Waals surface area contributed by atoms with Gasteiger partial charge in [-0.05, 0) is 79.5 Å². The fourth-order valence-corrected chi connectivity index (χ4v) is 4.37. The predicted molar refractivity (Wildman–Crippen MR) is 151 cm³/mol. The van der Waals surface area contributed by atoms with E-state index in [-0.39, 0.29) is 0 Å². The number of halogens is 1. The minimum Gasteiger partial charge on any atom is -0.459 e. The minimum absolute atomic E-state index is 0.376. The molecule has 1 aliphatic rings. The van der Waals surface area contributed by atoms with Gasteiger partial charge in [-0.15, -0.1) is 0 Å². The van der Waals surface area contributed by atoms with E-state index in [1.807, 2.05) is 72.8 Å². The Morgan fingerprint density at radius 1 is 1.05 bits per heavy atom. The predicted octanol–water partition coefficient (Wildman–Crippen LogP) is 6.91. The zero-order valence-electron chi connectivity index (χ0n) is 20.5. The first-order valence-electron chi connectivity index (χ1n) is 12.3. The summed E-state index contributed by atoms with van der Waals surface area (Å²) in [5, 5.41) is 7.35. The molecule has 7 nitrogen and oxygen atoms in total. The van der Waals surface area contributed by atoms with Crippen LogP contribution in [0.4, 0.5) is 11.8 Å². The van der Waals surface area contributed by atoms with Crippen molar-refractivity contribution in [3.05, 3.63) is 83.6 Å². The van der Waals surface area contributed by atoms with E-state index in [2.05, 4.69) is 27.4 Å². The van der Waals surface area contributed by atoms with Crippen LogP contribution in [0.3, 0.4) is 0 Å². The topological polar surface area (TPSA) is 75.5 Å². The maximum Gasteiger partial charge on any atom is 0.234 e. The molecular formula is C28H28ClN5O2S. The highest BCUT2D eigenvalue weighted by Crippen LogP contribution is 2.28. The van der Waals surface area contributed by atoms with Gasteiger partial charge in [-0.3, -0.25) is 0 Å². The molecule has 5 rings (SSSR count). The van der Waals surface area contributed by atoms with Crippen LogP contribution in [0.1, 0.15) is 25.5 Å². The van der Waals surface area contributed by atoms with Crippen molar-refractivity contribution in [3.63, 3.8) is 0 Å². The molecule has 3 heterocycles. The van der Waals surface area contributed by atoms with Crippen molar-refractivity contribution in [2.45, 2.75) is 26.3 Å². The van der Waals surface area contributed by atoms with Gasteiger partial charge in [-0.1, -0.05) is 36.7 Å².